The summed E-state index contributed by atoms with van der Waals surface area (Å²) >= 11 is 0. The maximum absolute atomic E-state index is 13.8. The zero-order valence-electron chi connectivity index (χ0n) is 11.3. The topological polar surface area (TPSA) is 35.5 Å². The highest BCUT2D eigenvalue weighted by Crippen LogP contribution is 2.28. The van der Waals surface area contributed by atoms with E-state index in [1.807, 2.05) is 0 Å². The van der Waals surface area contributed by atoms with Crippen LogP contribution < -0.4 is 4.74 Å². The predicted molar refractivity (Wildman–Crippen MR) is 69.9 cm³/mol. The number of halogens is 4. The zero-order valence-corrected chi connectivity index (χ0v) is 11.3. The molecule has 0 aliphatic heterocycles. The van der Waals surface area contributed by atoms with Gasteiger partial charge in [-0.15, -0.1) is 13.2 Å². The molecule has 0 aliphatic carbocycles. The lowest BCUT2D eigenvalue weighted by Gasteiger charge is -2.10. The summed E-state index contributed by atoms with van der Waals surface area (Å²) in [4.78, 5) is 11.4. The summed E-state index contributed by atoms with van der Waals surface area (Å²) in [6.45, 7) is 0. The quantitative estimate of drug-likeness (QED) is 0.630. The van der Waals surface area contributed by atoms with E-state index in [1.54, 1.807) is 0 Å². The third kappa shape index (κ3) is 3.75. The summed E-state index contributed by atoms with van der Waals surface area (Å²) in [6.07, 6.45) is -4.79. The Labute approximate surface area is 123 Å². The minimum absolute atomic E-state index is 0.0708. The van der Waals surface area contributed by atoms with Gasteiger partial charge in [-0.1, -0.05) is 12.1 Å². The molecule has 0 saturated carbocycles. The molecule has 0 aromatic heterocycles. The van der Waals surface area contributed by atoms with Crippen molar-refractivity contribution in [2.45, 2.75) is 6.36 Å². The van der Waals surface area contributed by atoms with Gasteiger partial charge in [-0.05, 0) is 35.9 Å². The minimum atomic E-state index is -4.79. The monoisotopic (exact) mass is 314 g/mol. The van der Waals surface area contributed by atoms with Crippen molar-refractivity contribution in [3.05, 3.63) is 53.8 Å². The number of carbonyl (C=O) groups excluding carboxylic acids is 1. The Bertz CT molecular complexity index is 678. The van der Waals surface area contributed by atoms with E-state index in [4.69, 9.17) is 0 Å². The highest BCUT2D eigenvalue weighted by Gasteiger charge is 2.31. The standard InChI is InChI=1S/C15H10F4O3/c1-21-14(20)10-4-7-13(16)12(8-10)9-2-5-11(6-3-9)22-15(17,18)19/h2-8H,1H3. The van der Waals surface area contributed by atoms with Crippen LogP contribution >= 0.6 is 0 Å². The molecule has 0 radical (unpaired) electrons. The number of ether oxygens (including phenoxy) is 2. The van der Waals surface area contributed by atoms with E-state index in [-0.39, 0.29) is 11.1 Å². The first-order valence-corrected chi connectivity index (χ1v) is 6.04. The average Bonchev–Trinajstić information content (AvgIpc) is 2.46. The molecular formula is C15H10F4O3. The minimum Gasteiger partial charge on any atom is -0.465 e. The number of rotatable bonds is 3. The van der Waals surface area contributed by atoms with Crippen LogP contribution in [0.2, 0.25) is 0 Å². The molecular weight excluding hydrogens is 304 g/mol. The summed E-state index contributed by atoms with van der Waals surface area (Å²) in [5.41, 5.74) is 0.508. The fraction of sp³-hybridized carbons (Fsp3) is 0.133. The van der Waals surface area contributed by atoms with Gasteiger partial charge in [0.1, 0.15) is 11.6 Å². The van der Waals surface area contributed by atoms with E-state index < -0.39 is 23.9 Å². The Morgan fingerprint density at radius 1 is 1.05 bits per heavy atom. The van der Waals surface area contributed by atoms with E-state index in [1.165, 1.54) is 31.4 Å². The van der Waals surface area contributed by atoms with Gasteiger partial charge in [-0.2, -0.15) is 0 Å². The first-order chi connectivity index (χ1) is 10.3. The lowest BCUT2D eigenvalue weighted by molar-refractivity contribution is -0.274. The summed E-state index contributed by atoms with van der Waals surface area (Å²) in [5, 5.41) is 0. The number of hydrogen-bond donors (Lipinski definition) is 0. The van der Waals surface area contributed by atoms with Crippen molar-refractivity contribution in [1.29, 1.82) is 0 Å². The first-order valence-electron chi connectivity index (χ1n) is 6.04. The SMILES string of the molecule is COC(=O)c1ccc(F)c(-c2ccc(OC(F)(F)F)cc2)c1. The maximum Gasteiger partial charge on any atom is 0.573 e. The fourth-order valence-corrected chi connectivity index (χ4v) is 1.83. The van der Waals surface area contributed by atoms with Crippen LogP contribution in [0.1, 0.15) is 10.4 Å². The van der Waals surface area contributed by atoms with E-state index >= 15 is 0 Å². The van der Waals surface area contributed by atoms with E-state index in [0.29, 0.717) is 5.56 Å². The summed E-state index contributed by atoms with van der Waals surface area (Å²) in [7, 11) is 1.19. The van der Waals surface area contributed by atoms with Crippen molar-refractivity contribution in [3.63, 3.8) is 0 Å². The van der Waals surface area contributed by atoms with Gasteiger partial charge in [-0.3, -0.25) is 0 Å². The molecule has 2 rings (SSSR count). The molecule has 116 valence electrons. The lowest BCUT2D eigenvalue weighted by Crippen LogP contribution is -2.16. The van der Waals surface area contributed by atoms with Crippen LogP contribution in [0.5, 0.6) is 5.75 Å². The van der Waals surface area contributed by atoms with E-state index in [9.17, 15) is 22.4 Å². The second-order valence-corrected chi connectivity index (χ2v) is 4.26. The number of hydrogen-bond acceptors (Lipinski definition) is 3. The molecule has 0 aliphatic rings. The summed E-state index contributed by atoms with van der Waals surface area (Å²) < 4.78 is 58.3. The van der Waals surface area contributed by atoms with Gasteiger partial charge in [0.15, 0.2) is 0 Å². The molecule has 0 bridgehead atoms. The van der Waals surface area contributed by atoms with Crippen LogP contribution in [0.4, 0.5) is 17.6 Å². The Morgan fingerprint density at radius 3 is 2.23 bits per heavy atom. The smallest absolute Gasteiger partial charge is 0.465 e. The number of alkyl halides is 3. The molecule has 22 heavy (non-hydrogen) atoms. The van der Waals surface area contributed by atoms with Gasteiger partial charge < -0.3 is 9.47 Å². The Morgan fingerprint density at radius 2 is 1.68 bits per heavy atom. The van der Waals surface area contributed by atoms with Crippen molar-refractivity contribution >= 4 is 5.97 Å². The van der Waals surface area contributed by atoms with Crippen LogP contribution in [0.3, 0.4) is 0 Å². The van der Waals surface area contributed by atoms with Crippen LogP contribution in [-0.4, -0.2) is 19.4 Å². The van der Waals surface area contributed by atoms with Gasteiger partial charge in [0, 0.05) is 5.56 Å². The Kier molecular flexibility index (Phi) is 4.35. The number of methoxy groups -OCH3 is 1. The number of benzene rings is 2. The highest BCUT2D eigenvalue weighted by molar-refractivity contribution is 5.91. The van der Waals surface area contributed by atoms with E-state index in [2.05, 4.69) is 9.47 Å². The maximum atomic E-state index is 13.8. The molecule has 0 heterocycles. The van der Waals surface area contributed by atoms with Crippen molar-refractivity contribution in [2.75, 3.05) is 7.11 Å². The second-order valence-electron chi connectivity index (χ2n) is 4.26. The van der Waals surface area contributed by atoms with Crippen molar-refractivity contribution in [2.24, 2.45) is 0 Å². The molecule has 2 aromatic rings. The van der Waals surface area contributed by atoms with Gasteiger partial charge in [0.2, 0.25) is 0 Å². The Balaban J connectivity index is 2.33. The van der Waals surface area contributed by atoms with Crippen molar-refractivity contribution in [1.82, 2.24) is 0 Å². The van der Waals surface area contributed by atoms with E-state index in [0.717, 1.165) is 18.2 Å². The van der Waals surface area contributed by atoms with Crippen LogP contribution in [0.15, 0.2) is 42.5 Å². The predicted octanol–water partition coefficient (Wildman–Crippen LogP) is 4.18. The zero-order chi connectivity index (χ0) is 16.3. The lowest BCUT2D eigenvalue weighted by atomic mass is 10.0. The molecule has 0 unspecified atom stereocenters. The van der Waals surface area contributed by atoms with Gasteiger partial charge in [-0.25, -0.2) is 9.18 Å². The number of esters is 1. The molecule has 0 N–H and O–H groups in total. The third-order valence-corrected chi connectivity index (χ3v) is 2.79. The van der Waals surface area contributed by atoms with Crippen LogP contribution in [-0.2, 0) is 4.74 Å². The highest BCUT2D eigenvalue weighted by atomic mass is 19.4. The third-order valence-electron chi connectivity index (χ3n) is 2.79. The molecule has 0 atom stereocenters. The second kappa shape index (κ2) is 6.05. The van der Waals surface area contributed by atoms with Crippen molar-refractivity contribution in [3.8, 4) is 16.9 Å². The normalized spacial score (nSPS) is 11.1. The van der Waals surface area contributed by atoms with Gasteiger partial charge in [0.05, 0.1) is 12.7 Å². The first kappa shape index (κ1) is 15.8. The van der Waals surface area contributed by atoms with Crippen LogP contribution in [0, 0.1) is 5.82 Å². The molecule has 0 amide bonds. The molecule has 0 spiro atoms. The Hall–Kier alpha value is -2.57. The molecule has 7 heteroatoms. The fourth-order valence-electron chi connectivity index (χ4n) is 1.83. The largest absolute Gasteiger partial charge is 0.573 e. The number of carbonyl (C=O) groups is 1. The van der Waals surface area contributed by atoms with Gasteiger partial charge >= 0.3 is 12.3 Å². The van der Waals surface area contributed by atoms with Crippen molar-refractivity contribution < 1.29 is 31.8 Å². The van der Waals surface area contributed by atoms with Gasteiger partial charge in [0.25, 0.3) is 0 Å². The molecule has 2 aromatic carbocycles. The molecule has 0 fully saturated rings. The summed E-state index contributed by atoms with van der Waals surface area (Å²) in [6, 6.07) is 8.26. The molecule has 3 nitrogen and oxygen atoms in total. The van der Waals surface area contributed by atoms with Crippen LogP contribution in [0.25, 0.3) is 11.1 Å². The summed E-state index contributed by atoms with van der Waals surface area (Å²) in [5.74, 6) is -1.67. The molecule has 0 saturated heterocycles. The average molecular weight is 314 g/mol.